The third kappa shape index (κ3) is 7.15. The first-order valence-electron chi connectivity index (χ1n) is 13.9. The molecule has 0 saturated heterocycles. The summed E-state index contributed by atoms with van der Waals surface area (Å²) in [6, 6.07) is 25.8. The number of unbranched alkanes of at least 4 members (excludes halogenated alkanes) is 2. The third-order valence-corrected chi connectivity index (χ3v) is 7.01. The topological polar surface area (TPSA) is 67.6 Å². The number of aromatic carboxylic acids is 1. The van der Waals surface area contributed by atoms with Gasteiger partial charge in [-0.05, 0) is 61.3 Å². The van der Waals surface area contributed by atoms with E-state index < -0.39 is 5.97 Å². The molecule has 0 amide bonds. The Bertz CT molecular complexity index is 1330. The Hall–Kier alpha value is -3.90. The normalized spacial score (nSPS) is 11.2. The summed E-state index contributed by atoms with van der Waals surface area (Å²) in [6.07, 6.45) is 4.35. The van der Waals surface area contributed by atoms with Crippen LogP contribution in [-0.2, 0) is 19.6 Å². The van der Waals surface area contributed by atoms with Crippen LogP contribution < -0.4 is 4.74 Å². The molecule has 4 rings (SSSR count). The molecule has 0 spiro atoms. The molecule has 4 aromatic rings. The molecule has 39 heavy (non-hydrogen) atoms. The second-order valence-corrected chi connectivity index (χ2v) is 9.90. The molecule has 0 unspecified atom stereocenters. The smallest absolute Gasteiger partial charge is 0.335 e. The number of rotatable bonds is 14. The predicted octanol–water partition coefficient (Wildman–Crippen LogP) is 7.53. The minimum atomic E-state index is -0.901. The van der Waals surface area contributed by atoms with E-state index in [0.29, 0.717) is 5.56 Å². The van der Waals surface area contributed by atoms with Crippen molar-refractivity contribution in [2.24, 2.45) is 0 Å². The van der Waals surface area contributed by atoms with Gasteiger partial charge in [0.15, 0.2) is 0 Å². The van der Waals surface area contributed by atoms with Crippen LogP contribution in [-0.4, -0.2) is 39.2 Å². The van der Waals surface area contributed by atoms with Crippen molar-refractivity contribution < 1.29 is 14.6 Å². The predicted molar refractivity (Wildman–Crippen MR) is 157 cm³/mol. The largest absolute Gasteiger partial charge is 0.497 e. The van der Waals surface area contributed by atoms with Crippen molar-refractivity contribution >= 4 is 5.97 Å². The van der Waals surface area contributed by atoms with E-state index in [1.54, 1.807) is 19.2 Å². The van der Waals surface area contributed by atoms with E-state index in [1.165, 1.54) is 5.69 Å². The van der Waals surface area contributed by atoms with Crippen molar-refractivity contribution in [1.82, 2.24) is 14.5 Å². The molecule has 1 aromatic heterocycles. The van der Waals surface area contributed by atoms with Crippen molar-refractivity contribution in [3.8, 4) is 28.4 Å². The van der Waals surface area contributed by atoms with Crippen LogP contribution in [0, 0.1) is 0 Å². The van der Waals surface area contributed by atoms with E-state index >= 15 is 0 Å². The van der Waals surface area contributed by atoms with E-state index in [0.717, 1.165) is 85.8 Å². The van der Waals surface area contributed by atoms with E-state index in [-0.39, 0.29) is 0 Å². The molecule has 0 saturated carbocycles. The van der Waals surface area contributed by atoms with Gasteiger partial charge < -0.3 is 14.4 Å². The van der Waals surface area contributed by atoms with E-state index in [2.05, 4.69) is 59.7 Å². The van der Waals surface area contributed by atoms with Crippen LogP contribution in [0.15, 0.2) is 78.9 Å². The molecule has 0 atom stereocenters. The molecule has 1 N–H and O–H groups in total. The maximum Gasteiger partial charge on any atom is 0.335 e. The standard InChI is InChI=1S/C33H39N3O3/c1-4-6-21-35(23-25-13-15-28(16-14-25)33(37)38)24-30-31(26-17-19-29(39-3)20-18-26)34-32(36(30)22-7-5-2)27-11-9-8-10-12-27/h8-20H,4-7,21-24H2,1-3H3,(H,37,38). The SMILES string of the molecule is CCCCN(Cc1ccc(C(=O)O)cc1)Cc1c(-c2ccc(OC)cc2)nc(-c2ccccc2)n1CCCC. The van der Waals surface area contributed by atoms with Gasteiger partial charge in [-0.3, -0.25) is 4.90 Å². The summed E-state index contributed by atoms with van der Waals surface area (Å²) in [5, 5.41) is 9.31. The Labute approximate surface area is 231 Å². The quantitative estimate of drug-likeness (QED) is 0.184. The fraction of sp³-hybridized carbons (Fsp3) is 0.333. The highest BCUT2D eigenvalue weighted by atomic mass is 16.5. The highest BCUT2D eigenvalue weighted by Crippen LogP contribution is 2.32. The number of hydrogen-bond donors (Lipinski definition) is 1. The highest BCUT2D eigenvalue weighted by molar-refractivity contribution is 5.87. The number of aromatic nitrogens is 2. The lowest BCUT2D eigenvalue weighted by atomic mass is 10.1. The Kier molecular flexibility index (Phi) is 9.92. The van der Waals surface area contributed by atoms with Gasteiger partial charge >= 0.3 is 5.97 Å². The Balaban J connectivity index is 1.78. The van der Waals surface area contributed by atoms with Gasteiger partial charge in [-0.2, -0.15) is 0 Å². The summed E-state index contributed by atoms with van der Waals surface area (Å²) in [6.45, 7) is 7.75. The molecule has 0 radical (unpaired) electrons. The first kappa shape index (κ1) is 28.1. The molecule has 0 aliphatic heterocycles. The Morgan fingerprint density at radius 3 is 2.18 bits per heavy atom. The molecule has 0 bridgehead atoms. The van der Waals surface area contributed by atoms with Crippen LogP contribution in [0.1, 0.15) is 61.1 Å². The third-order valence-electron chi connectivity index (χ3n) is 7.01. The van der Waals surface area contributed by atoms with Crippen LogP contribution in [0.5, 0.6) is 5.75 Å². The number of carboxylic acids is 1. The van der Waals surface area contributed by atoms with Crippen molar-refractivity contribution in [2.75, 3.05) is 13.7 Å². The average Bonchev–Trinajstić information content (AvgIpc) is 3.33. The molecule has 6 nitrogen and oxygen atoms in total. The van der Waals surface area contributed by atoms with Gasteiger partial charge in [0, 0.05) is 30.8 Å². The number of methoxy groups -OCH3 is 1. The van der Waals surface area contributed by atoms with Crippen LogP contribution in [0.3, 0.4) is 0 Å². The maximum atomic E-state index is 11.3. The molecule has 204 valence electrons. The van der Waals surface area contributed by atoms with Crippen LogP contribution >= 0.6 is 0 Å². The Morgan fingerprint density at radius 2 is 1.56 bits per heavy atom. The van der Waals surface area contributed by atoms with E-state index in [9.17, 15) is 9.90 Å². The fourth-order valence-electron chi connectivity index (χ4n) is 4.81. The van der Waals surface area contributed by atoms with Crippen LogP contribution in [0.25, 0.3) is 22.6 Å². The molecule has 1 heterocycles. The first-order valence-corrected chi connectivity index (χ1v) is 13.9. The van der Waals surface area contributed by atoms with Crippen molar-refractivity contribution in [3.05, 3.63) is 95.7 Å². The van der Waals surface area contributed by atoms with Crippen molar-refractivity contribution in [3.63, 3.8) is 0 Å². The monoisotopic (exact) mass is 525 g/mol. The van der Waals surface area contributed by atoms with Crippen molar-refractivity contribution in [2.45, 2.75) is 59.2 Å². The molecule has 3 aromatic carbocycles. The summed E-state index contributed by atoms with van der Waals surface area (Å²) in [4.78, 5) is 19.1. The Morgan fingerprint density at radius 1 is 0.872 bits per heavy atom. The van der Waals surface area contributed by atoms with Gasteiger partial charge in [-0.1, -0.05) is 69.2 Å². The number of carbonyl (C=O) groups is 1. The van der Waals surface area contributed by atoms with Gasteiger partial charge in [0.2, 0.25) is 0 Å². The molecule has 0 aliphatic carbocycles. The second kappa shape index (κ2) is 13.8. The number of hydrogen-bond acceptors (Lipinski definition) is 4. The van der Waals surface area contributed by atoms with Gasteiger partial charge in [0.05, 0.1) is 24.1 Å². The fourth-order valence-corrected chi connectivity index (χ4v) is 4.81. The lowest BCUT2D eigenvalue weighted by molar-refractivity contribution is 0.0697. The van der Waals surface area contributed by atoms with Crippen molar-refractivity contribution in [1.29, 1.82) is 0 Å². The zero-order valence-electron chi connectivity index (χ0n) is 23.3. The van der Waals surface area contributed by atoms with Gasteiger partial charge in [0.25, 0.3) is 0 Å². The summed E-state index contributed by atoms with van der Waals surface area (Å²) in [5.41, 5.74) is 5.79. The van der Waals surface area contributed by atoms with E-state index in [1.807, 2.05) is 30.3 Å². The molecule has 0 aliphatic rings. The number of imidazole rings is 1. The average molecular weight is 526 g/mol. The first-order chi connectivity index (χ1) is 19.0. The number of benzene rings is 3. The van der Waals surface area contributed by atoms with Crippen LogP contribution in [0.4, 0.5) is 0 Å². The van der Waals surface area contributed by atoms with Gasteiger partial charge in [-0.25, -0.2) is 9.78 Å². The van der Waals surface area contributed by atoms with Gasteiger partial charge in [0.1, 0.15) is 11.6 Å². The number of ether oxygens (including phenoxy) is 1. The number of nitrogens with zero attached hydrogens (tertiary/aromatic N) is 3. The zero-order valence-corrected chi connectivity index (χ0v) is 23.3. The molecular formula is C33H39N3O3. The summed E-state index contributed by atoms with van der Waals surface area (Å²) < 4.78 is 7.82. The van der Waals surface area contributed by atoms with Crippen LogP contribution in [0.2, 0.25) is 0 Å². The lowest BCUT2D eigenvalue weighted by Crippen LogP contribution is -2.26. The molecular weight excluding hydrogens is 486 g/mol. The maximum absolute atomic E-state index is 11.3. The minimum absolute atomic E-state index is 0.311. The second-order valence-electron chi connectivity index (χ2n) is 9.90. The summed E-state index contributed by atoms with van der Waals surface area (Å²) in [5.74, 6) is 0.913. The molecule has 6 heteroatoms. The summed E-state index contributed by atoms with van der Waals surface area (Å²) >= 11 is 0. The highest BCUT2D eigenvalue weighted by Gasteiger charge is 2.22. The summed E-state index contributed by atoms with van der Waals surface area (Å²) in [7, 11) is 1.68. The molecule has 0 fully saturated rings. The zero-order chi connectivity index (χ0) is 27.6. The lowest BCUT2D eigenvalue weighted by Gasteiger charge is -2.24. The minimum Gasteiger partial charge on any atom is -0.497 e. The van der Waals surface area contributed by atoms with Gasteiger partial charge in [-0.15, -0.1) is 0 Å². The van der Waals surface area contributed by atoms with E-state index in [4.69, 9.17) is 9.72 Å². The number of carboxylic acid groups (broad SMARTS) is 1.